The van der Waals surface area contributed by atoms with E-state index in [0.717, 1.165) is 49.8 Å². The van der Waals surface area contributed by atoms with Gasteiger partial charge in [-0.25, -0.2) is 4.79 Å². The average Bonchev–Trinajstić information content (AvgIpc) is 2.87. The number of nitrogens with zero attached hydrogens (tertiary/aromatic N) is 2. The number of aromatic nitrogens is 2. The van der Waals surface area contributed by atoms with Crippen LogP contribution in [0.4, 0.5) is 4.79 Å². The van der Waals surface area contributed by atoms with Crippen molar-refractivity contribution in [2.24, 2.45) is 0 Å². The lowest BCUT2D eigenvalue weighted by Crippen LogP contribution is -2.42. The Labute approximate surface area is 143 Å². The van der Waals surface area contributed by atoms with Gasteiger partial charge in [-0.1, -0.05) is 24.3 Å². The van der Waals surface area contributed by atoms with Crippen LogP contribution in [0.1, 0.15) is 58.1 Å². The summed E-state index contributed by atoms with van der Waals surface area (Å²) >= 11 is 0. The predicted octanol–water partition coefficient (Wildman–Crippen LogP) is 2.44. The second kappa shape index (κ2) is 6.83. The molecule has 0 spiro atoms. The SMILES string of the molecule is CC(C)(C)OC(=O)N1CCC(c2n[nH]c3/c2=C\C=C\CC\C=3)CC1. The maximum Gasteiger partial charge on any atom is 0.410 e. The molecule has 24 heavy (non-hydrogen) atoms. The molecule has 1 aliphatic carbocycles. The number of carbonyl (C=O) groups excluding carboxylic acids is 1. The molecule has 0 atom stereocenters. The zero-order chi connectivity index (χ0) is 17.2. The number of rotatable bonds is 1. The summed E-state index contributed by atoms with van der Waals surface area (Å²) in [5, 5.41) is 10.1. The Morgan fingerprint density at radius 1 is 1.29 bits per heavy atom. The largest absolute Gasteiger partial charge is 0.444 e. The van der Waals surface area contributed by atoms with Crippen molar-refractivity contribution in [1.29, 1.82) is 0 Å². The minimum atomic E-state index is -0.441. The van der Waals surface area contributed by atoms with Gasteiger partial charge in [-0.15, -0.1) is 0 Å². The number of aromatic amines is 1. The van der Waals surface area contributed by atoms with Crippen LogP contribution in [-0.2, 0) is 4.74 Å². The van der Waals surface area contributed by atoms with E-state index in [1.54, 1.807) is 0 Å². The Kier molecular flexibility index (Phi) is 4.78. The summed E-state index contributed by atoms with van der Waals surface area (Å²) < 4.78 is 5.47. The van der Waals surface area contributed by atoms with Crippen LogP contribution in [-0.4, -0.2) is 39.9 Å². The molecule has 3 rings (SSSR count). The Balaban J connectivity index is 1.70. The molecule has 2 heterocycles. The average molecular weight is 329 g/mol. The van der Waals surface area contributed by atoms with E-state index < -0.39 is 5.60 Å². The first-order valence-electron chi connectivity index (χ1n) is 8.83. The smallest absolute Gasteiger partial charge is 0.410 e. The minimum Gasteiger partial charge on any atom is -0.444 e. The molecule has 2 aliphatic rings. The molecule has 0 aromatic carbocycles. The summed E-state index contributed by atoms with van der Waals surface area (Å²) in [6.07, 6.45) is 12.5. The quantitative estimate of drug-likeness (QED) is 0.861. The summed E-state index contributed by atoms with van der Waals surface area (Å²) in [7, 11) is 0. The summed E-state index contributed by atoms with van der Waals surface area (Å²) in [4.78, 5) is 14.0. The van der Waals surface area contributed by atoms with E-state index in [4.69, 9.17) is 4.74 Å². The summed E-state index contributed by atoms with van der Waals surface area (Å²) in [5.74, 6) is 0.390. The van der Waals surface area contributed by atoms with Gasteiger partial charge in [0, 0.05) is 24.2 Å². The molecule has 0 bridgehead atoms. The van der Waals surface area contributed by atoms with Gasteiger partial charge in [-0.3, -0.25) is 5.10 Å². The first-order valence-corrected chi connectivity index (χ1v) is 8.83. The third-order valence-corrected chi connectivity index (χ3v) is 4.48. The van der Waals surface area contributed by atoms with Gasteiger partial charge in [0.15, 0.2) is 0 Å². The zero-order valence-electron chi connectivity index (χ0n) is 14.8. The topological polar surface area (TPSA) is 58.2 Å². The van der Waals surface area contributed by atoms with E-state index in [1.165, 1.54) is 5.22 Å². The van der Waals surface area contributed by atoms with Gasteiger partial charge in [0.2, 0.25) is 0 Å². The van der Waals surface area contributed by atoms with E-state index in [9.17, 15) is 4.79 Å². The first-order chi connectivity index (χ1) is 11.4. The van der Waals surface area contributed by atoms with Crippen LogP contribution in [0, 0.1) is 0 Å². The Morgan fingerprint density at radius 2 is 2.04 bits per heavy atom. The van der Waals surface area contributed by atoms with Crippen molar-refractivity contribution < 1.29 is 9.53 Å². The van der Waals surface area contributed by atoms with Gasteiger partial charge in [0.1, 0.15) is 5.60 Å². The molecule has 5 heteroatoms. The van der Waals surface area contributed by atoms with Crippen molar-refractivity contribution in [1.82, 2.24) is 15.1 Å². The molecule has 1 aromatic heterocycles. The highest BCUT2D eigenvalue weighted by atomic mass is 16.6. The highest BCUT2D eigenvalue weighted by Crippen LogP contribution is 2.25. The Hall–Kier alpha value is -2.04. The van der Waals surface area contributed by atoms with Gasteiger partial charge >= 0.3 is 6.09 Å². The highest BCUT2D eigenvalue weighted by Gasteiger charge is 2.28. The van der Waals surface area contributed by atoms with Gasteiger partial charge in [0.05, 0.1) is 11.0 Å². The van der Waals surface area contributed by atoms with Gasteiger partial charge in [-0.05, 0) is 46.5 Å². The van der Waals surface area contributed by atoms with Crippen LogP contribution >= 0.6 is 0 Å². The van der Waals surface area contributed by atoms with Crippen LogP contribution in [0.2, 0.25) is 0 Å². The molecule has 1 fully saturated rings. The molecule has 1 amide bonds. The molecular formula is C19H27N3O2. The molecule has 1 saturated heterocycles. The van der Waals surface area contributed by atoms with Crippen LogP contribution in [0.15, 0.2) is 12.2 Å². The normalized spacial score (nSPS) is 23.0. The number of amides is 1. The monoisotopic (exact) mass is 329 g/mol. The second-order valence-corrected chi connectivity index (χ2v) is 7.55. The third kappa shape index (κ3) is 3.89. The van der Waals surface area contributed by atoms with E-state index in [1.807, 2.05) is 25.7 Å². The van der Waals surface area contributed by atoms with Crippen LogP contribution in [0.5, 0.6) is 0 Å². The van der Waals surface area contributed by atoms with E-state index >= 15 is 0 Å². The Bertz CT molecular complexity index is 732. The lowest BCUT2D eigenvalue weighted by atomic mass is 9.92. The van der Waals surface area contributed by atoms with Crippen molar-refractivity contribution in [3.63, 3.8) is 0 Å². The number of H-pyrrole nitrogens is 1. The number of nitrogens with one attached hydrogen (secondary N) is 1. The van der Waals surface area contributed by atoms with Crippen LogP contribution in [0.25, 0.3) is 12.2 Å². The Morgan fingerprint density at radius 3 is 2.75 bits per heavy atom. The lowest BCUT2D eigenvalue weighted by molar-refractivity contribution is 0.0204. The fourth-order valence-corrected chi connectivity index (χ4v) is 3.27. The standard InChI is InChI=1S/C19H27N3O2/c1-19(2,3)24-18(23)22-12-10-14(11-13-22)17-15-8-6-4-5-7-9-16(15)20-21-17/h4,6,8-9,14,20H,5,7,10-13H2,1-3H3/b6-4+,15-8+,16-9+. The molecule has 0 saturated carbocycles. The number of allylic oxidation sites excluding steroid dienone is 2. The highest BCUT2D eigenvalue weighted by molar-refractivity contribution is 5.68. The minimum absolute atomic E-state index is 0.207. The number of likely N-dealkylation sites (tertiary alicyclic amines) is 1. The summed E-state index contributed by atoms with van der Waals surface area (Å²) in [5.41, 5.74) is 0.694. The number of carbonyl (C=O) groups is 1. The van der Waals surface area contributed by atoms with Gasteiger partial charge in [0.25, 0.3) is 0 Å². The fraction of sp³-hybridized carbons (Fsp3) is 0.579. The molecule has 5 nitrogen and oxygen atoms in total. The number of hydrogen-bond donors (Lipinski definition) is 1. The second-order valence-electron chi connectivity index (χ2n) is 7.55. The maximum absolute atomic E-state index is 12.2. The molecule has 1 N–H and O–H groups in total. The number of hydrogen-bond acceptors (Lipinski definition) is 3. The predicted molar refractivity (Wildman–Crippen MR) is 94.9 cm³/mol. The molecule has 0 unspecified atom stereocenters. The van der Waals surface area contributed by atoms with E-state index in [-0.39, 0.29) is 6.09 Å². The molecule has 1 aliphatic heterocycles. The van der Waals surface area contributed by atoms with E-state index in [2.05, 4.69) is 34.5 Å². The molecule has 1 aromatic rings. The number of fused-ring (bicyclic) bond motifs is 1. The van der Waals surface area contributed by atoms with Crippen molar-refractivity contribution >= 4 is 18.2 Å². The zero-order valence-corrected chi connectivity index (χ0v) is 14.8. The van der Waals surface area contributed by atoms with Crippen molar-refractivity contribution in [2.75, 3.05) is 13.1 Å². The molecular weight excluding hydrogens is 302 g/mol. The number of piperidine rings is 1. The van der Waals surface area contributed by atoms with Crippen molar-refractivity contribution in [2.45, 2.75) is 58.0 Å². The van der Waals surface area contributed by atoms with Crippen LogP contribution < -0.4 is 10.6 Å². The summed E-state index contributed by atoms with van der Waals surface area (Å²) in [6.45, 7) is 7.15. The summed E-state index contributed by atoms with van der Waals surface area (Å²) in [6, 6.07) is 0. The third-order valence-electron chi connectivity index (χ3n) is 4.48. The maximum atomic E-state index is 12.2. The lowest BCUT2D eigenvalue weighted by Gasteiger charge is -2.33. The number of ether oxygens (including phenoxy) is 1. The first kappa shape index (κ1) is 16.8. The molecule has 0 radical (unpaired) electrons. The van der Waals surface area contributed by atoms with Gasteiger partial charge < -0.3 is 9.64 Å². The van der Waals surface area contributed by atoms with Crippen molar-refractivity contribution in [3.8, 4) is 0 Å². The van der Waals surface area contributed by atoms with E-state index in [0.29, 0.717) is 5.92 Å². The molecule has 130 valence electrons. The van der Waals surface area contributed by atoms with Crippen LogP contribution in [0.3, 0.4) is 0 Å². The van der Waals surface area contributed by atoms with Crippen molar-refractivity contribution in [3.05, 3.63) is 28.4 Å². The van der Waals surface area contributed by atoms with Gasteiger partial charge in [-0.2, -0.15) is 5.10 Å². The fourth-order valence-electron chi connectivity index (χ4n) is 3.27.